The fourth-order valence-electron chi connectivity index (χ4n) is 3.15. The largest absolute Gasteiger partial charge is 0.416 e. The van der Waals surface area contributed by atoms with Gasteiger partial charge in [-0.15, -0.1) is 0 Å². The number of nitrogens with zero attached hydrogens (tertiary/aromatic N) is 1. The van der Waals surface area contributed by atoms with Gasteiger partial charge in [-0.1, -0.05) is 24.3 Å². The number of hydrogen-bond donors (Lipinski definition) is 0. The first kappa shape index (κ1) is 21.8. The van der Waals surface area contributed by atoms with Crippen molar-refractivity contribution in [1.82, 2.24) is 4.90 Å². The standard InChI is InChI=1S/C22H17F6NO/c1-29-12-16(10-14-2-6-18(7-3-14)21(23,24)25)20(30)17(13-29)11-15-4-8-19(9-5-15)22(26,27)28/h2-11H,12-13H2,1H3/b16-10-,17-11+. The third-order valence-electron chi connectivity index (χ3n) is 4.62. The molecule has 0 saturated carbocycles. The number of rotatable bonds is 2. The van der Waals surface area contributed by atoms with Gasteiger partial charge in [0.05, 0.1) is 11.1 Å². The van der Waals surface area contributed by atoms with Crippen LogP contribution in [0.5, 0.6) is 0 Å². The van der Waals surface area contributed by atoms with Gasteiger partial charge in [-0.2, -0.15) is 26.3 Å². The summed E-state index contributed by atoms with van der Waals surface area (Å²) < 4.78 is 76.2. The zero-order valence-electron chi connectivity index (χ0n) is 15.8. The third-order valence-corrected chi connectivity index (χ3v) is 4.62. The highest BCUT2D eigenvalue weighted by atomic mass is 19.4. The summed E-state index contributed by atoms with van der Waals surface area (Å²) in [5, 5.41) is 0. The van der Waals surface area contributed by atoms with Crippen LogP contribution in [0.2, 0.25) is 0 Å². The van der Waals surface area contributed by atoms with E-state index in [1.807, 2.05) is 4.90 Å². The highest BCUT2D eigenvalue weighted by molar-refractivity contribution is 6.14. The Morgan fingerprint density at radius 1 is 0.700 bits per heavy atom. The number of halogens is 6. The van der Waals surface area contributed by atoms with Gasteiger partial charge >= 0.3 is 12.4 Å². The molecule has 0 aliphatic carbocycles. The van der Waals surface area contributed by atoms with E-state index in [1.165, 1.54) is 36.4 Å². The second-order valence-corrected chi connectivity index (χ2v) is 7.08. The highest BCUT2D eigenvalue weighted by Crippen LogP contribution is 2.31. The van der Waals surface area contributed by atoms with Crippen LogP contribution in [0, 0.1) is 0 Å². The molecule has 0 unspecified atom stereocenters. The minimum atomic E-state index is -4.44. The number of ketones is 1. The van der Waals surface area contributed by atoms with Crippen LogP contribution in [0.25, 0.3) is 12.2 Å². The Labute approximate surface area is 169 Å². The number of likely N-dealkylation sites (tertiary alicyclic amines) is 1. The van der Waals surface area contributed by atoms with Crippen molar-refractivity contribution in [3.8, 4) is 0 Å². The minimum Gasteiger partial charge on any atom is -0.298 e. The molecule has 1 aliphatic rings. The minimum absolute atomic E-state index is 0.284. The van der Waals surface area contributed by atoms with E-state index in [2.05, 4.69) is 0 Å². The van der Waals surface area contributed by atoms with Crippen LogP contribution in [0.15, 0.2) is 59.7 Å². The van der Waals surface area contributed by atoms with Crippen molar-refractivity contribution in [3.63, 3.8) is 0 Å². The first-order valence-electron chi connectivity index (χ1n) is 8.92. The second kappa shape index (κ2) is 8.10. The van der Waals surface area contributed by atoms with Crippen LogP contribution in [0.1, 0.15) is 22.3 Å². The van der Waals surface area contributed by atoms with Gasteiger partial charge in [0, 0.05) is 24.2 Å². The molecule has 0 amide bonds. The summed E-state index contributed by atoms with van der Waals surface area (Å²) in [5.74, 6) is -0.284. The van der Waals surface area contributed by atoms with Gasteiger partial charge in [-0.05, 0) is 54.6 Å². The van der Waals surface area contributed by atoms with Crippen molar-refractivity contribution in [3.05, 3.63) is 81.9 Å². The molecule has 158 valence electrons. The van der Waals surface area contributed by atoms with Crippen molar-refractivity contribution in [1.29, 1.82) is 0 Å². The molecule has 30 heavy (non-hydrogen) atoms. The first-order valence-corrected chi connectivity index (χ1v) is 8.92. The Morgan fingerprint density at radius 3 is 1.33 bits per heavy atom. The molecule has 0 atom stereocenters. The number of likely N-dealkylation sites (N-methyl/N-ethyl adjacent to an activating group) is 1. The summed E-state index contributed by atoms with van der Waals surface area (Å²) >= 11 is 0. The molecule has 2 aromatic carbocycles. The molecule has 0 aromatic heterocycles. The van der Waals surface area contributed by atoms with Crippen LogP contribution >= 0.6 is 0 Å². The maximum Gasteiger partial charge on any atom is 0.416 e. The summed E-state index contributed by atoms with van der Waals surface area (Å²) in [7, 11) is 1.77. The van der Waals surface area contributed by atoms with Crippen LogP contribution in [0.4, 0.5) is 26.3 Å². The van der Waals surface area contributed by atoms with E-state index < -0.39 is 23.5 Å². The summed E-state index contributed by atoms with van der Waals surface area (Å²) in [6, 6.07) is 8.94. The highest BCUT2D eigenvalue weighted by Gasteiger charge is 2.31. The third kappa shape index (κ3) is 5.18. The second-order valence-electron chi connectivity index (χ2n) is 7.08. The van der Waals surface area contributed by atoms with Crippen molar-refractivity contribution >= 4 is 17.9 Å². The number of carbonyl (C=O) groups excluding carboxylic acids is 1. The van der Waals surface area contributed by atoms with Crippen LogP contribution in [-0.4, -0.2) is 30.8 Å². The van der Waals surface area contributed by atoms with E-state index in [1.54, 1.807) is 7.05 Å². The molecular weight excluding hydrogens is 408 g/mol. The molecule has 0 N–H and O–H groups in total. The van der Waals surface area contributed by atoms with Crippen LogP contribution in [0.3, 0.4) is 0 Å². The van der Waals surface area contributed by atoms with Crippen molar-refractivity contribution in [2.45, 2.75) is 12.4 Å². The monoisotopic (exact) mass is 425 g/mol. The van der Waals surface area contributed by atoms with Crippen molar-refractivity contribution < 1.29 is 31.1 Å². The smallest absolute Gasteiger partial charge is 0.298 e. The van der Waals surface area contributed by atoms with E-state index >= 15 is 0 Å². The van der Waals surface area contributed by atoms with Gasteiger partial charge < -0.3 is 0 Å². The summed E-state index contributed by atoms with van der Waals surface area (Å²) in [6.07, 6.45) is -5.83. The number of carbonyl (C=O) groups is 1. The molecule has 2 aromatic rings. The van der Waals surface area contributed by atoms with Crippen LogP contribution < -0.4 is 0 Å². The van der Waals surface area contributed by atoms with Gasteiger partial charge in [0.25, 0.3) is 0 Å². The molecule has 8 heteroatoms. The zero-order valence-corrected chi connectivity index (χ0v) is 15.8. The number of piperidine rings is 1. The van der Waals surface area contributed by atoms with Crippen molar-refractivity contribution in [2.24, 2.45) is 0 Å². The molecular formula is C22H17F6NO. The number of hydrogen-bond acceptors (Lipinski definition) is 2. The lowest BCUT2D eigenvalue weighted by Gasteiger charge is -2.26. The normalized spacial score (nSPS) is 19.0. The summed E-state index contributed by atoms with van der Waals surface area (Å²) in [4.78, 5) is 14.6. The molecule has 1 heterocycles. The lowest BCUT2D eigenvalue weighted by Crippen LogP contribution is -2.34. The number of benzene rings is 2. The lowest BCUT2D eigenvalue weighted by atomic mass is 9.94. The molecule has 0 bridgehead atoms. The van der Waals surface area contributed by atoms with Gasteiger partial charge in [0.15, 0.2) is 5.78 Å². The summed E-state index contributed by atoms with van der Waals surface area (Å²) in [6.45, 7) is 0.619. The molecule has 3 rings (SSSR count). The van der Waals surface area contributed by atoms with E-state index in [9.17, 15) is 31.1 Å². The average Bonchev–Trinajstić information content (AvgIpc) is 2.65. The fourth-order valence-corrected chi connectivity index (χ4v) is 3.15. The number of Topliss-reactive ketones (excluding diaryl/α,β-unsaturated/α-hetero) is 1. The van der Waals surface area contributed by atoms with Crippen molar-refractivity contribution in [2.75, 3.05) is 20.1 Å². The van der Waals surface area contributed by atoms with E-state index in [0.717, 1.165) is 24.3 Å². The lowest BCUT2D eigenvalue weighted by molar-refractivity contribution is -0.138. The Kier molecular flexibility index (Phi) is 5.90. The zero-order chi connectivity index (χ0) is 22.1. The molecule has 1 saturated heterocycles. The predicted molar refractivity (Wildman–Crippen MR) is 101 cm³/mol. The van der Waals surface area contributed by atoms with Gasteiger partial charge in [0.1, 0.15) is 0 Å². The molecule has 2 nitrogen and oxygen atoms in total. The van der Waals surface area contributed by atoms with Gasteiger partial charge in [0.2, 0.25) is 0 Å². The topological polar surface area (TPSA) is 20.3 Å². The van der Waals surface area contributed by atoms with E-state index in [0.29, 0.717) is 35.4 Å². The average molecular weight is 425 g/mol. The Bertz CT molecular complexity index is 903. The van der Waals surface area contributed by atoms with Gasteiger partial charge in [-0.3, -0.25) is 9.69 Å². The van der Waals surface area contributed by atoms with Gasteiger partial charge in [-0.25, -0.2) is 0 Å². The summed E-state index contributed by atoms with van der Waals surface area (Å²) in [5.41, 5.74) is 0.133. The quantitative estimate of drug-likeness (QED) is 0.454. The maximum atomic E-state index is 12.8. The first-order chi connectivity index (χ1) is 13.9. The predicted octanol–water partition coefficient (Wildman–Crippen LogP) is 5.71. The molecule has 1 aliphatic heterocycles. The SMILES string of the molecule is CN1C/C(=C/c2ccc(C(F)(F)F)cc2)C(=O)/C(=C/c2ccc(C(F)(F)F)cc2)C1. The molecule has 0 spiro atoms. The van der Waals surface area contributed by atoms with E-state index in [-0.39, 0.29) is 5.78 Å². The van der Waals surface area contributed by atoms with E-state index in [4.69, 9.17) is 0 Å². The molecule has 1 fully saturated rings. The van der Waals surface area contributed by atoms with Crippen LogP contribution in [-0.2, 0) is 17.1 Å². The Balaban J connectivity index is 1.86. The Morgan fingerprint density at radius 2 is 1.03 bits per heavy atom. The Hall–Kier alpha value is -2.87. The molecule has 0 radical (unpaired) electrons. The fraction of sp³-hybridized carbons (Fsp3) is 0.227. The maximum absolute atomic E-state index is 12.8. The number of alkyl halides is 6.